The van der Waals surface area contributed by atoms with Crippen LogP contribution in [0.4, 0.5) is 10.6 Å². The molecule has 2 heterocycles. The van der Waals surface area contributed by atoms with Gasteiger partial charge in [-0.15, -0.1) is 0 Å². The van der Waals surface area contributed by atoms with Gasteiger partial charge in [0.1, 0.15) is 18.5 Å². The summed E-state index contributed by atoms with van der Waals surface area (Å²) in [5.41, 5.74) is 6.95. The number of primary amides is 1. The zero-order chi connectivity index (χ0) is 22.8. The molecule has 1 atom stereocenters. The molecule has 1 saturated heterocycles. The number of amides is 3. The van der Waals surface area contributed by atoms with Gasteiger partial charge in [0.05, 0.1) is 6.42 Å². The molecule has 0 bridgehead atoms. The number of alkyl carbamates (subject to hydrolysis) is 1. The van der Waals surface area contributed by atoms with E-state index in [4.69, 9.17) is 10.5 Å². The fraction of sp³-hybridized carbons (Fsp3) is 0.391. The molecule has 0 spiro atoms. The van der Waals surface area contributed by atoms with E-state index >= 15 is 0 Å². The fourth-order valence-electron chi connectivity index (χ4n) is 3.58. The molecule has 1 unspecified atom stereocenters. The van der Waals surface area contributed by atoms with E-state index in [9.17, 15) is 14.4 Å². The van der Waals surface area contributed by atoms with Crippen molar-refractivity contribution in [2.75, 3.05) is 18.0 Å². The van der Waals surface area contributed by atoms with E-state index < -0.39 is 23.9 Å². The van der Waals surface area contributed by atoms with Crippen molar-refractivity contribution in [3.05, 3.63) is 59.8 Å². The van der Waals surface area contributed by atoms with Crippen LogP contribution in [-0.4, -0.2) is 42.0 Å². The predicted molar refractivity (Wildman–Crippen MR) is 120 cm³/mol. The number of carbonyl (C=O) groups is 3. The Kier molecular flexibility index (Phi) is 8.42. The first-order valence-corrected chi connectivity index (χ1v) is 10.7. The number of hydrogen-bond donors (Lipinski definition) is 3. The third-order valence-electron chi connectivity index (χ3n) is 5.20. The number of anilines is 1. The Bertz CT molecular complexity index is 916. The van der Waals surface area contributed by atoms with E-state index in [1.807, 2.05) is 42.5 Å². The third kappa shape index (κ3) is 6.97. The number of pyridine rings is 1. The number of benzene rings is 1. The van der Waals surface area contributed by atoms with Crippen molar-refractivity contribution >= 4 is 23.7 Å². The van der Waals surface area contributed by atoms with Crippen molar-refractivity contribution in [1.82, 2.24) is 15.6 Å². The van der Waals surface area contributed by atoms with Gasteiger partial charge in [0.2, 0.25) is 11.8 Å². The molecule has 2 aromatic rings. The standard InChI is InChI=1S/C23H29N5O4/c24-20(29)14-19(27-23(31)32-16-17-8-3-1-4-9-17)22(30)26-15-18-10-7-11-25-21(18)28-12-5-2-6-13-28/h1,3-4,7-11,19H,2,5-6,12-16H2,(H2,24,29)(H,26,30)(H,27,31). The molecule has 9 nitrogen and oxygen atoms in total. The van der Waals surface area contributed by atoms with Gasteiger partial charge in [-0.3, -0.25) is 9.59 Å². The lowest BCUT2D eigenvalue weighted by molar-refractivity contribution is -0.127. The summed E-state index contributed by atoms with van der Waals surface area (Å²) in [6, 6.07) is 11.7. The van der Waals surface area contributed by atoms with E-state index in [0.717, 1.165) is 42.9 Å². The van der Waals surface area contributed by atoms with Gasteiger partial charge in [0.25, 0.3) is 0 Å². The Labute approximate surface area is 187 Å². The van der Waals surface area contributed by atoms with Crippen LogP contribution < -0.4 is 21.3 Å². The third-order valence-corrected chi connectivity index (χ3v) is 5.20. The molecule has 4 N–H and O–H groups in total. The van der Waals surface area contributed by atoms with Gasteiger partial charge in [0.15, 0.2) is 0 Å². The zero-order valence-corrected chi connectivity index (χ0v) is 18.0. The van der Waals surface area contributed by atoms with Crippen molar-refractivity contribution < 1.29 is 19.1 Å². The largest absolute Gasteiger partial charge is 0.445 e. The zero-order valence-electron chi connectivity index (χ0n) is 18.0. The molecule has 0 radical (unpaired) electrons. The highest BCUT2D eigenvalue weighted by Gasteiger charge is 2.24. The highest BCUT2D eigenvalue weighted by Crippen LogP contribution is 2.21. The number of nitrogens with two attached hydrogens (primary N) is 1. The smallest absolute Gasteiger partial charge is 0.408 e. The van der Waals surface area contributed by atoms with Crippen LogP contribution in [0.3, 0.4) is 0 Å². The molecule has 0 saturated carbocycles. The molecule has 1 aliphatic heterocycles. The van der Waals surface area contributed by atoms with Crippen LogP contribution in [0.25, 0.3) is 0 Å². The summed E-state index contributed by atoms with van der Waals surface area (Å²) in [5.74, 6) is -0.382. The maximum absolute atomic E-state index is 12.7. The second kappa shape index (κ2) is 11.7. The molecule has 0 aliphatic carbocycles. The van der Waals surface area contributed by atoms with Crippen molar-refractivity contribution in [1.29, 1.82) is 0 Å². The number of piperidine rings is 1. The monoisotopic (exact) mass is 439 g/mol. The van der Waals surface area contributed by atoms with Crippen molar-refractivity contribution in [3.8, 4) is 0 Å². The van der Waals surface area contributed by atoms with Gasteiger partial charge in [-0.2, -0.15) is 0 Å². The van der Waals surface area contributed by atoms with Crippen LogP contribution >= 0.6 is 0 Å². The van der Waals surface area contributed by atoms with Crippen LogP contribution in [-0.2, 0) is 27.5 Å². The van der Waals surface area contributed by atoms with Gasteiger partial charge in [-0.05, 0) is 30.9 Å². The summed E-state index contributed by atoms with van der Waals surface area (Å²) in [6.07, 6.45) is 4.02. The number of hydrogen-bond acceptors (Lipinski definition) is 6. The lowest BCUT2D eigenvalue weighted by atomic mass is 10.1. The van der Waals surface area contributed by atoms with Crippen LogP contribution in [0.2, 0.25) is 0 Å². The minimum absolute atomic E-state index is 0.0481. The molecule has 170 valence electrons. The highest BCUT2D eigenvalue weighted by atomic mass is 16.5. The Hall–Kier alpha value is -3.62. The Balaban J connectivity index is 1.57. The van der Waals surface area contributed by atoms with Crippen LogP contribution in [0, 0.1) is 0 Å². The van der Waals surface area contributed by atoms with Gasteiger partial charge in [-0.25, -0.2) is 9.78 Å². The molecular weight excluding hydrogens is 410 g/mol. The first-order valence-electron chi connectivity index (χ1n) is 10.7. The average molecular weight is 440 g/mol. The summed E-state index contributed by atoms with van der Waals surface area (Å²) in [4.78, 5) is 43.0. The topological polar surface area (TPSA) is 127 Å². The highest BCUT2D eigenvalue weighted by molar-refractivity contribution is 5.90. The number of nitrogens with one attached hydrogen (secondary N) is 2. The Morgan fingerprint density at radius 1 is 1.06 bits per heavy atom. The molecule has 1 aliphatic rings. The van der Waals surface area contributed by atoms with E-state index in [2.05, 4.69) is 20.5 Å². The first kappa shape index (κ1) is 23.1. The number of ether oxygens (including phenoxy) is 1. The molecule has 3 rings (SSSR count). The maximum atomic E-state index is 12.7. The van der Waals surface area contributed by atoms with Crippen LogP contribution in [0.1, 0.15) is 36.8 Å². The quantitative estimate of drug-likeness (QED) is 0.547. The lowest BCUT2D eigenvalue weighted by Crippen LogP contribution is -2.48. The minimum Gasteiger partial charge on any atom is -0.445 e. The van der Waals surface area contributed by atoms with Gasteiger partial charge in [0, 0.05) is 31.4 Å². The van der Waals surface area contributed by atoms with Crippen molar-refractivity contribution in [3.63, 3.8) is 0 Å². The molecular formula is C23H29N5O4. The minimum atomic E-state index is -1.13. The molecule has 1 aromatic heterocycles. The summed E-state index contributed by atoms with van der Waals surface area (Å²) in [6.45, 7) is 2.12. The van der Waals surface area contributed by atoms with Gasteiger partial charge >= 0.3 is 6.09 Å². The molecule has 1 aromatic carbocycles. The number of carbonyl (C=O) groups excluding carboxylic acids is 3. The second-order valence-electron chi connectivity index (χ2n) is 7.68. The summed E-state index contributed by atoms with van der Waals surface area (Å²) >= 11 is 0. The number of nitrogens with zero attached hydrogens (tertiary/aromatic N) is 2. The molecule has 1 fully saturated rings. The van der Waals surface area contributed by atoms with Gasteiger partial charge < -0.3 is 26.0 Å². The van der Waals surface area contributed by atoms with Crippen LogP contribution in [0.15, 0.2) is 48.7 Å². The van der Waals surface area contributed by atoms with E-state index in [1.54, 1.807) is 6.20 Å². The van der Waals surface area contributed by atoms with Crippen molar-refractivity contribution in [2.45, 2.75) is 44.9 Å². The summed E-state index contributed by atoms with van der Waals surface area (Å²) in [5, 5.41) is 5.21. The normalized spacial score (nSPS) is 14.3. The second-order valence-corrected chi connectivity index (χ2v) is 7.68. The lowest BCUT2D eigenvalue weighted by Gasteiger charge is -2.29. The number of aromatic nitrogens is 1. The molecule has 3 amide bonds. The number of rotatable bonds is 9. The van der Waals surface area contributed by atoms with Crippen molar-refractivity contribution in [2.24, 2.45) is 5.73 Å². The average Bonchev–Trinajstić information content (AvgIpc) is 2.82. The first-order chi connectivity index (χ1) is 15.5. The van der Waals surface area contributed by atoms with E-state index in [-0.39, 0.29) is 19.6 Å². The van der Waals surface area contributed by atoms with Crippen LogP contribution in [0.5, 0.6) is 0 Å². The fourth-order valence-corrected chi connectivity index (χ4v) is 3.58. The Morgan fingerprint density at radius 2 is 1.81 bits per heavy atom. The Morgan fingerprint density at radius 3 is 2.53 bits per heavy atom. The SMILES string of the molecule is NC(=O)CC(NC(=O)OCc1ccccc1)C(=O)NCc1cccnc1N1CCCCC1. The summed E-state index contributed by atoms with van der Waals surface area (Å²) < 4.78 is 5.15. The van der Waals surface area contributed by atoms with E-state index in [0.29, 0.717) is 0 Å². The molecule has 9 heteroatoms. The summed E-state index contributed by atoms with van der Waals surface area (Å²) in [7, 11) is 0. The molecule has 32 heavy (non-hydrogen) atoms. The van der Waals surface area contributed by atoms with E-state index in [1.165, 1.54) is 6.42 Å². The van der Waals surface area contributed by atoms with Gasteiger partial charge in [-0.1, -0.05) is 36.4 Å². The maximum Gasteiger partial charge on any atom is 0.408 e. The predicted octanol–water partition coefficient (Wildman–Crippen LogP) is 1.86.